The summed E-state index contributed by atoms with van der Waals surface area (Å²) in [7, 11) is 1.60. The highest BCUT2D eigenvalue weighted by molar-refractivity contribution is 5.99. The zero-order chi connectivity index (χ0) is 12.7. The van der Waals surface area contributed by atoms with Crippen LogP contribution in [0.3, 0.4) is 0 Å². The van der Waals surface area contributed by atoms with Gasteiger partial charge in [0.25, 0.3) is 0 Å². The van der Waals surface area contributed by atoms with Crippen molar-refractivity contribution in [3.63, 3.8) is 0 Å². The van der Waals surface area contributed by atoms with E-state index in [1.54, 1.807) is 13.2 Å². The average Bonchev–Trinajstić information content (AvgIpc) is 2.36. The third kappa shape index (κ3) is 3.40. The van der Waals surface area contributed by atoms with E-state index in [0.29, 0.717) is 18.6 Å². The van der Waals surface area contributed by atoms with Crippen LogP contribution in [0.15, 0.2) is 24.3 Å². The number of Topliss-reactive ketones (excluding diaryl/α,β-unsaturated/α-hetero) is 1. The molecule has 3 heteroatoms. The molecule has 0 saturated carbocycles. The SMILES string of the molecule is CCC(CC#N)C(=O)c1ccccc1COC. The molecule has 90 valence electrons. The summed E-state index contributed by atoms with van der Waals surface area (Å²) < 4.78 is 5.07. The summed E-state index contributed by atoms with van der Waals surface area (Å²) in [4.78, 5) is 12.3. The van der Waals surface area contributed by atoms with E-state index in [1.165, 1.54) is 0 Å². The first-order chi connectivity index (χ1) is 8.24. The Balaban J connectivity index is 2.98. The van der Waals surface area contributed by atoms with Gasteiger partial charge in [-0.2, -0.15) is 5.26 Å². The Bertz CT molecular complexity index is 420. The molecule has 0 bridgehead atoms. The second kappa shape index (κ2) is 6.82. The van der Waals surface area contributed by atoms with Gasteiger partial charge >= 0.3 is 0 Å². The largest absolute Gasteiger partial charge is 0.380 e. The molecule has 0 aliphatic heterocycles. The molecule has 1 atom stereocenters. The second-order valence-corrected chi connectivity index (χ2v) is 3.92. The highest BCUT2D eigenvalue weighted by Gasteiger charge is 2.20. The number of rotatable bonds is 6. The van der Waals surface area contributed by atoms with Gasteiger partial charge in [-0.25, -0.2) is 0 Å². The molecular weight excluding hydrogens is 214 g/mol. The Morgan fingerprint density at radius 3 is 2.76 bits per heavy atom. The molecule has 17 heavy (non-hydrogen) atoms. The summed E-state index contributed by atoms with van der Waals surface area (Å²) in [5.41, 5.74) is 1.56. The highest BCUT2D eigenvalue weighted by Crippen LogP contribution is 2.19. The lowest BCUT2D eigenvalue weighted by molar-refractivity contribution is 0.0914. The first kappa shape index (κ1) is 13.4. The maximum atomic E-state index is 12.3. The molecule has 1 rings (SSSR count). The van der Waals surface area contributed by atoms with Crippen LogP contribution in [0.1, 0.15) is 35.7 Å². The fourth-order valence-corrected chi connectivity index (χ4v) is 1.79. The topological polar surface area (TPSA) is 50.1 Å². The van der Waals surface area contributed by atoms with Crippen LogP contribution in [0.5, 0.6) is 0 Å². The molecule has 0 spiro atoms. The third-order valence-corrected chi connectivity index (χ3v) is 2.78. The van der Waals surface area contributed by atoms with Crippen LogP contribution in [0, 0.1) is 17.2 Å². The van der Waals surface area contributed by atoms with Crippen LogP contribution >= 0.6 is 0 Å². The molecule has 1 aromatic carbocycles. The number of methoxy groups -OCH3 is 1. The predicted molar refractivity (Wildman–Crippen MR) is 65.5 cm³/mol. The summed E-state index contributed by atoms with van der Waals surface area (Å²) >= 11 is 0. The zero-order valence-electron chi connectivity index (χ0n) is 10.3. The Hall–Kier alpha value is -1.66. The Morgan fingerprint density at radius 1 is 1.47 bits per heavy atom. The van der Waals surface area contributed by atoms with E-state index in [4.69, 9.17) is 10.00 Å². The minimum atomic E-state index is -0.210. The fraction of sp³-hybridized carbons (Fsp3) is 0.429. The Labute approximate surface area is 102 Å². The highest BCUT2D eigenvalue weighted by atomic mass is 16.5. The second-order valence-electron chi connectivity index (χ2n) is 3.92. The number of ketones is 1. The smallest absolute Gasteiger partial charge is 0.167 e. The van der Waals surface area contributed by atoms with Gasteiger partial charge in [-0.3, -0.25) is 4.79 Å². The molecule has 1 aromatic rings. The summed E-state index contributed by atoms with van der Waals surface area (Å²) in [5, 5.41) is 8.71. The van der Waals surface area contributed by atoms with E-state index in [1.807, 2.05) is 25.1 Å². The van der Waals surface area contributed by atoms with E-state index < -0.39 is 0 Å². The number of hydrogen-bond acceptors (Lipinski definition) is 3. The average molecular weight is 231 g/mol. The molecular formula is C14H17NO2. The molecule has 1 unspecified atom stereocenters. The van der Waals surface area contributed by atoms with E-state index in [-0.39, 0.29) is 18.1 Å². The molecule has 3 nitrogen and oxygen atoms in total. The minimum absolute atomic E-state index is 0.0432. The van der Waals surface area contributed by atoms with Crippen molar-refractivity contribution in [1.29, 1.82) is 5.26 Å². The number of carbonyl (C=O) groups is 1. The number of carbonyl (C=O) groups excluding carboxylic acids is 1. The summed E-state index contributed by atoms with van der Waals surface area (Å²) in [6, 6.07) is 9.48. The van der Waals surface area contributed by atoms with Crippen molar-refractivity contribution < 1.29 is 9.53 Å². The Kier molecular flexibility index (Phi) is 5.38. The molecule has 0 saturated heterocycles. The van der Waals surface area contributed by atoms with Crippen LogP contribution in [0.4, 0.5) is 0 Å². The van der Waals surface area contributed by atoms with Crippen molar-refractivity contribution in [2.24, 2.45) is 5.92 Å². The number of ether oxygens (including phenoxy) is 1. The van der Waals surface area contributed by atoms with Gasteiger partial charge < -0.3 is 4.74 Å². The van der Waals surface area contributed by atoms with E-state index >= 15 is 0 Å². The van der Waals surface area contributed by atoms with Gasteiger partial charge in [-0.05, 0) is 12.0 Å². The normalized spacial score (nSPS) is 11.8. The van der Waals surface area contributed by atoms with Crippen LogP contribution < -0.4 is 0 Å². The lowest BCUT2D eigenvalue weighted by Crippen LogP contribution is -2.15. The van der Waals surface area contributed by atoms with Crippen molar-refractivity contribution >= 4 is 5.78 Å². The van der Waals surface area contributed by atoms with E-state index in [0.717, 1.165) is 5.56 Å². The van der Waals surface area contributed by atoms with Gasteiger partial charge in [-0.15, -0.1) is 0 Å². The zero-order valence-corrected chi connectivity index (χ0v) is 10.3. The van der Waals surface area contributed by atoms with Crippen molar-refractivity contribution in [3.05, 3.63) is 35.4 Å². The first-order valence-electron chi connectivity index (χ1n) is 5.72. The molecule has 0 N–H and O–H groups in total. The monoisotopic (exact) mass is 231 g/mol. The van der Waals surface area contributed by atoms with Crippen LogP contribution in [0.25, 0.3) is 0 Å². The standard InChI is InChI=1S/C14H17NO2/c1-3-11(8-9-15)14(16)13-7-5-4-6-12(13)10-17-2/h4-7,11H,3,8,10H2,1-2H3. The minimum Gasteiger partial charge on any atom is -0.380 e. The van der Waals surface area contributed by atoms with Gasteiger partial charge in [0.1, 0.15) is 0 Å². The molecule has 0 aliphatic carbocycles. The first-order valence-corrected chi connectivity index (χ1v) is 5.72. The van der Waals surface area contributed by atoms with Gasteiger partial charge in [0.05, 0.1) is 12.7 Å². The van der Waals surface area contributed by atoms with Crippen LogP contribution in [0.2, 0.25) is 0 Å². The van der Waals surface area contributed by atoms with Gasteiger partial charge in [-0.1, -0.05) is 31.2 Å². The fourth-order valence-electron chi connectivity index (χ4n) is 1.79. The maximum absolute atomic E-state index is 12.3. The predicted octanol–water partition coefficient (Wildman–Crippen LogP) is 2.96. The van der Waals surface area contributed by atoms with Crippen LogP contribution in [-0.2, 0) is 11.3 Å². The quantitative estimate of drug-likeness (QED) is 0.707. The van der Waals surface area contributed by atoms with Gasteiger partial charge in [0.15, 0.2) is 5.78 Å². The number of benzene rings is 1. The van der Waals surface area contributed by atoms with Crippen molar-refractivity contribution in [2.75, 3.05) is 7.11 Å². The van der Waals surface area contributed by atoms with E-state index in [2.05, 4.69) is 6.07 Å². The Morgan fingerprint density at radius 2 is 2.18 bits per heavy atom. The maximum Gasteiger partial charge on any atom is 0.167 e. The number of nitrogens with zero attached hydrogens (tertiary/aromatic N) is 1. The molecule has 0 radical (unpaired) electrons. The lowest BCUT2D eigenvalue weighted by atomic mass is 9.90. The van der Waals surface area contributed by atoms with Crippen LogP contribution in [-0.4, -0.2) is 12.9 Å². The molecule has 0 fully saturated rings. The molecule has 0 aromatic heterocycles. The summed E-state index contributed by atoms with van der Waals surface area (Å²) in [6.07, 6.45) is 0.963. The summed E-state index contributed by atoms with van der Waals surface area (Å²) in [6.45, 7) is 2.35. The van der Waals surface area contributed by atoms with Crippen molar-refractivity contribution in [3.8, 4) is 6.07 Å². The molecule has 0 aliphatic rings. The summed E-state index contributed by atoms with van der Waals surface area (Å²) in [5.74, 6) is -0.167. The molecule has 0 amide bonds. The molecule has 0 heterocycles. The third-order valence-electron chi connectivity index (χ3n) is 2.78. The lowest BCUT2D eigenvalue weighted by Gasteiger charge is -2.13. The number of hydrogen-bond donors (Lipinski definition) is 0. The van der Waals surface area contributed by atoms with E-state index in [9.17, 15) is 4.79 Å². The van der Waals surface area contributed by atoms with Gasteiger partial charge in [0, 0.05) is 25.0 Å². The van der Waals surface area contributed by atoms with Gasteiger partial charge in [0.2, 0.25) is 0 Å². The van der Waals surface area contributed by atoms with Crippen molar-refractivity contribution in [1.82, 2.24) is 0 Å². The van der Waals surface area contributed by atoms with Crippen molar-refractivity contribution in [2.45, 2.75) is 26.4 Å². The number of nitriles is 1.